The minimum absolute atomic E-state index is 0.426. The van der Waals surface area contributed by atoms with Crippen molar-refractivity contribution in [1.29, 1.82) is 0 Å². The lowest BCUT2D eigenvalue weighted by molar-refractivity contribution is 0.216. The highest BCUT2D eigenvalue weighted by atomic mass is 15.1. The summed E-state index contributed by atoms with van der Waals surface area (Å²) in [5, 5.41) is 0. The largest absolute Gasteiger partial charge is 0.331 e. The molecule has 1 saturated carbocycles. The van der Waals surface area contributed by atoms with Crippen LogP contribution in [0, 0.1) is 17.8 Å². The van der Waals surface area contributed by atoms with Crippen LogP contribution in [-0.4, -0.2) is 16.1 Å². The van der Waals surface area contributed by atoms with E-state index in [0.717, 1.165) is 11.8 Å². The van der Waals surface area contributed by atoms with E-state index in [2.05, 4.69) is 37.2 Å². The van der Waals surface area contributed by atoms with Gasteiger partial charge < -0.3 is 10.3 Å². The van der Waals surface area contributed by atoms with Crippen LogP contribution in [0.2, 0.25) is 0 Å². The number of imidazole rings is 1. The molecule has 1 aliphatic rings. The molecule has 0 bridgehead atoms. The maximum atomic E-state index is 5.98. The molecular weight excluding hydrogens is 234 g/mol. The first-order chi connectivity index (χ1) is 9.02. The van der Waals surface area contributed by atoms with Crippen LogP contribution in [0.4, 0.5) is 0 Å². The summed E-state index contributed by atoms with van der Waals surface area (Å²) >= 11 is 0. The molecule has 3 heteroatoms. The first-order valence-corrected chi connectivity index (χ1v) is 7.74. The predicted molar refractivity (Wildman–Crippen MR) is 80.1 cm³/mol. The standard InChI is InChI=1S/C16H29N3/c1-11(2)15(8-17)16-9-18-10-19(16)14-6-12(3)5-13(4)7-14/h9-15H,5-8,17H2,1-4H3. The monoisotopic (exact) mass is 263 g/mol. The van der Waals surface area contributed by atoms with E-state index in [0.29, 0.717) is 24.4 Å². The zero-order valence-electron chi connectivity index (χ0n) is 12.8. The van der Waals surface area contributed by atoms with Gasteiger partial charge in [0, 0.05) is 30.4 Å². The van der Waals surface area contributed by atoms with Crippen LogP contribution >= 0.6 is 0 Å². The van der Waals surface area contributed by atoms with Gasteiger partial charge in [0.05, 0.1) is 6.33 Å². The van der Waals surface area contributed by atoms with Gasteiger partial charge in [-0.2, -0.15) is 0 Å². The lowest BCUT2D eigenvalue weighted by atomic mass is 9.80. The SMILES string of the molecule is CC1CC(C)CC(n2cncc2C(CN)C(C)C)C1. The molecule has 3 unspecified atom stereocenters. The van der Waals surface area contributed by atoms with Gasteiger partial charge in [-0.1, -0.05) is 27.7 Å². The highest BCUT2D eigenvalue weighted by molar-refractivity contribution is 5.10. The Morgan fingerprint density at radius 2 is 1.89 bits per heavy atom. The van der Waals surface area contributed by atoms with Gasteiger partial charge in [0.15, 0.2) is 0 Å². The second-order valence-corrected chi connectivity index (χ2v) is 6.88. The molecule has 0 radical (unpaired) electrons. The van der Waals surface area contributed by atoms with Crippen molar-refractivity contribution in [2.24, 2.45) is 23.5 Å². The number of hydrogen-bond donors (Lipinski definition) is 1. The van der Waals surface area contributed by atoms with E-state index >= 15 is 0 Å². The summed E-state index contributed by atoms with van der Waals surface area (Å²) in [6.07, 6.45) is 7.98. The van der Waals surface area contributed by atoms with Gasteiger partial charge in [0.1, 0.15) is 0 Å². The van der Waals surface area contributed by atoms with Crippen molar-refractivity contribution < 1.29 is 0 Å². The van der Waals surface area contributed by atoms with E-state index in [1.165, 1.54) is 25.0 Å². The lowest BCUT2D eigenvalue weighted by Gasteiger charge is -2.34. The molecule has 19 heavy (non-hydrogen) atoms. The summed E-state index contributed by atoms with van der Waals surface area (Å²) in [6.45, 7) is 9.97. The maximum Gasteiger partial charge on any atom is 0.0950 e. The van der Waals surface area contributed by atoms with Crippen LogP contribution < -0.4 is 5.73 Å². The van der Waals surface area contributed by atoms with E-state index in [-0.39, 0.29) is 0 Å². The van der Waals surface area contributed by atoms with Gasteiger partial charge in [-0.3, -0.25) is 0 Å². The highest BCUT2D eigenvalue weighted by Crippen LogP contribution is 2.38. The Labute approximate surface area is 117 Å². The molecule has 1 aliphatic carbocycles. The van der Waals surface area contributed by atoms with Crippen LogP contribution in [0.5, 0.6) is 0 Å². The van der Waals surface area contributed by atoms with Crippen molar-refractivity contribution in [3.8, 4) is 0 Å². The molecule has 0 aromatic carbocycles. The second-order valence-electron chi connectivity index (χ2n) is 6.88. The fraction of sp³-hybridized carbons (Fsp3) is 0.812. The summed E-state index contributed by atoms with van der Waals surface area (Å²) in [5.74, 6) is 2.63. The summed E-state index contributed by atoms with van der Waals surface area (Å²) in [7, 11) is 0. The Hall–Kier alpha value is -0.830. The molecule has 0 spiro atoms. The molecule has 3 nitrogen and oxygen atoms in total. The summed E-state index contributed by atoms with van der Waals surface area (Å²) in [5.41, 5.74) is 7.31. The number of nitrogens with zero attached hydrogens (tertiary/aromatic N) is 2. The van der Waals surface area contributed by atoms with Gasteiger partial charge in [-0.15, -0.1) is 0 Å². The van der Waals surface area contributed by atoms with Crippen LogP contribution in [0.15, 0.2) is 12.5 Å². The van der Waals surface area contributed by atoms with E-state index in [9.17, 15) is 0 Å². The predicted octanol–water partition coefficient (Wildman–Crippen LogP) is 3.58. The van der Waals surface area contributed by atoms with Crippen LogP contribution in [0.1, 0.15) is 64.6 Å². The molecular formula is C16H29N3. The second kappa shape index (κ2) is 6.08. The first-order valence-electron chi connectivity index (χ1n) is 7.74. The first kappa shape index (κ1) is 14.6. The maximum absolute atomic E-state index is 5.98. The average Bonchev–Trinajstić information content (AvgIpc) is 2.77. The molecule has 2 N–H and O–H groups in total. The molecule has 1 fully saturated rings. The summed E-state index contributed by atoms with van der Waals surface area (Å²) < 4.78 is 2.42. The third kappa shape index (κ3) is 3.19. The molecule has 108 valence electrons. The van der Waals surface area contributed by atoms with E-state index < -0.39 is 0 Å². The van der Waals surface area contributed by atoms with E-state index in [1.807, 2.05) is 12.5 Å². The van der Waals surface area contributed by atoms with Gasteiger partial charge in [-0.05, 0) is 37.0 Å². The molecule has 3 atom stereocenters. The van der Waals surface area contributed by atoms with Crippen molar-refractivity contribution >= 4 is 0 Å². The molecule has 1 aromatic heterocycles. The van der Waals surface area contributed by atoms with Crippen molar-refractivity contribution in [3.63, 3.8) is 0 Å². The normalized spacial score (nSPS) is 29.7. The minimum atomic E-state index is 0.426. The highest BCUT2D eigenvalue weighted by Gasteiger charge is 2.28. The fourth-order valence-electron chi connectivity index (χ4n) is 3.77. The fourth-order valence-corrected chi connectivity index (χ4v) is 3.77. The van der Waals surface area contributed by atoms with E-state index in [1.54, 1.807) is 0 Å². The van der Waals surface area contributed by atoms with Gasteiger partial charge in [-0.25, -0.2) is 4.98 Å². The Balaban J connectivity index is 2.23. The van der Waals surface area contributed by atoms with Gasteiger partial charge in [0.2, 0.25) is 0 Å². The van der Waals surface area contributed by atoms with Crippen molar-refractivity contribution in [1.82, 2.24) is 9.55 Å². The lowest BCUT2D eigenvalue weighted by Crippen LogP contribution is -2.27. The zero-order valence-corrected chi connectivity index (χ0v) is 12.8. The molecule has 0 saturated heterocycles. The number of rotatable bonds is 4. The Morgan fingerprint density at radius 3 is 2.42 bits per heavy atom. The van der Waals surface area contributed by atoms with Crippen molar-refractivity contribution in [3.05, 3.63) is 18.2 Å². The molecule has 0 aliphatic heterocycles. The minimum Gasteiger partial charge on any atom is -0.331 e. The van der Waals surface area contributed by atoms with Crippen LogP contribution in [-0.2, 0) is 0 Å². The quantitative estimate of drug-likeness (QED) is 0.902. The average molecular weight is 263 g/mol. The smallest absolute Gasteiger partial charge is 0.0950 e. The number of hydrogen-bond acceptors (Lipinski definition) is 2. The van der Waals surface area contributed by atoms with Crippen molar-refractivity contribution in [2.75, 3.05) is 6.54 Å². The van der Waals surface area contributed by atoms with Crippen LogP contribution in [0.25, 0.3) is 0 Å². The van der Waals surface area contributed by atoms with Gasteiger partial charge in [0.25, 0.3) is 0 Å². The molecule has 0 amide bonds. The van der Waals surface area contributed by atoms with Crippen LogP contribution in [0.3, 0.4) is 0 Å². The topological polar surface area (TPSA) is 43.8 Å². The molecule has 2 rings (SSSR count). The number of nitrogens with two attached hydrogens (primary N) is 1. The number of aromatic nitrogens is 2. The zero-order chi connectivity index (χ0) is 14.0. The molecule has 1 aromatic rings. The Morgan fingerprint density at radius 1 is 1.26 bits per heavy atom. The third-order valence-electron chi connectivity index (χ3n) is 4.68. The van der Waals surface area contributed by atoms with Crippen molar-refractivity contribution in [2.45, 2.75) is 58.9 Å². The van der Waals surface area contributed by atoms with Gasteiger partial charge >= 0.3 is 0 Å². The van der Waals surface area contributed by atoms with E-state index in [4.69, 9.17) is 5.73 Å². The third-order valence-corrected chi connectivity index (χ3v) is 4.68. The molecule has 1 heterocycles. The summed E-state index contributed by atoms with van der Waals surface area (Å²) in [4.78, 5) is 4.41. The summed E-state index contributed by atoms with van der Waals surface area (Å²) in [6, 6.07) is 0.615. The Kier molecular flexibility index (Phi) is 4.67. The Bertz CT molecular complexity index is 386.